The van der Waals surface area contributed by atoms with E-state index in [-0.39, 0.29) is 31.0 Å². The van der Waals surface area contributed by atoms with Crippen molar-refractivity contribution in [2.45, 2.75) is 12.3 Å². The van der Waals surface area contributed by atoms with Crippen LogP contribution in [0.5, 0.6) is 11.6 Å². The smallest absolute Gasteiger partial charge is 0.417 e. The van der Waals surface area contributed by atoms with Crippen molar-refractivity contribution in [3.8, 4) is 11.6 Å². The number of carbonyl (C=O) groups excluding carboxylic acids is 1. The van der Waals surface area contributed by atoms with Crippen molar-refractivity contribution in [3.05, 3.63) is 52.7 Å². The van der Waals surface area contributed by atoms with Gasteiger partial charge in [0.1, 0.15) is 11.9 Å². The van der Waals surface area contributed by atoms with E-state index in [0.717, 1.165) is 12.1 Å². The molecule has 2 aromatic rings. The molecular weight excluding hydrogens is 373 g/mol. The Labute approximate surface area is 152 Å². The Balaban J connectivity index is 1.59. The van der Waals surface area contributed by atoms with Crippen molar-refractivity contribution in [1.82, 2.24) is 9.88 Å². The van der Waals surface area contributed by atoms with Crippen LogP contribution in [0.25, 0.3) is 0 Å². The molecule has 0 unspecified atom stereocenters. The van der Waals surface area contributed by atoms with E-state index >= 15 is 0 Å². The van der Waals surface area contributed by atoms with E-state index in [1.807, 2.05) is 0 Å². The Morgan fingerprint density at radius 3 is 2.58 bits per heavy atom. The highest BCUT2D eigenvalue weighted by atomic mass is 35.5. The van der Waals surface area contributed by atoms with E-state index in [0.29, 0.717) is 22.5 Å². The number of halogens is 4. The van der Waals surface area contributed by atoms with Crippen LogP contribution in [0.4, 0.5) is 13.2 Å². The molecule has 138 valence electrons. The van der Waals surface area contributed by atoms with Gasteiger partial charge in [0.25, 0.3) is 5.91 Å². The first-order valence-corrected chi connectivity index (χ1v) is 7.98. The van der Waals surface area contributed by atoms with E-state index in [9.17, 15) is 18.0 Å². The van der Waals surface area contributed by atoms with Crippen LogP contribution in [0.2, 0.25) is 5.02 Å². The average Bonchev–Trinajstić information content (AvgIpc) is 2.56. The molecule has 0 aliphatic carbocycles. The number of benzene rings is 1. The van der Waals surface area contributed by atoms with Crippen LogP contribution in [-0.2, 0) is 6.18 Å². The Bertz CT molecular complexity index is 806. The summed E-state index contributed by atoms with van der Waals surface area (Å²) in [5.41, 5.74) is -0.505. The normalized spacial score (nSPS) is 14.7. The largest absolute Gasteiger partial charge is 0.496 e. The zero-order valence-corrected chi connectivity index (χ0v) is 14.3. The molecule has 2 heterocycles. The lowest BCUT2D eigenvalue weighted by Gasteiger charge is -2.38. The van der Waals surface area contributed by atoms with E-state index in [1.165, 1.54) is 18.1 Å². The molecule has 0 saturated carbocycles. The number of pyridine rings is 1. The number of alkyl halides is 3. The fourth-order valence-corrected chi connectivity index (χ4v) is 2.66. The number of hydrogen-bond donors (Lipinski definition) is 0. The molecule has 0 N–H and O–H groups in total. The lowest BCUT2D eigenvalue weighted by Crippen LogP contribution is -2.56. The van der Waals surface area contributed by atoms with Gasteiger partial charge in [-0.05, 0) is 24.3 Å². The van der Waals surface area contributed by atoms with Crippen LogP contribution in [0.3, 0.4) is 0 Å². The number of carbonyl (C=O) groups is 1. The van der Waals surface area contributed by atoms with E-state index < -0.39 is 11.7 Å². The lowest BCUT2D eigenvalue weighted by molar-refractivity contribution is -0.137. The van der Waals surface area contributed by atoms with Gasteiger partial charge in [-0.25, -0.2) is 4.98 Å². The lowest BCUT2D eigenvalue weighted by atomic mass is 10.1. The number of methoxy groups -OCH3 is 1. The SMILES string of the molecule is COc1ccc(Cl)cc1C(=O)N1CC(Oc2ccc(C(F)(F)F)cn2)C1. The summed E-state index contributed by atoms with van der Waals surface area (Å²) < 4.78 is 48.2. The van der Waals surface area contributed by atoms with Crippen molar-refractivity contribution >= 4 is 17.5 Å². The Morgan fingerprint density at radius 1 is 1.27 bits per heavy atom. The van der Waals surface area contributed by atoms with Crippen molar-refractivity contribution in [3.63, 3.8) is 0 Å². The van der Waals surface area contributed by atoms with E-state index in [2.05, 4.69) is 4.98 Å². The molecule has 1 aliphatic rings. The summed E-state index contributed by atoms with van der Waals surface area (Å²) in [6, 6.07) is 6.81. The second kappa shape index (κ2) is 7.03. The van der Waals surface area contributed by atoms with Crippen molar-refractivity contribution in [1.29, 1.82) is 0 Å². The fraction of sp³-hybridized carbons (Fsp3) is 0.294. The first kappa shape index (κ1) is 18.3. The summed E-state index contributed by atoms with van der Waals surface area (Å²) in [6.45, 7) is 0.578. The number of hydrogen-bond acceptors (Lipinski definition) is 4. The summed E-state index contributed by atoms with van der Waals surface area (Å²) in [6.07, 6.45) is -4.07. The van der Waals surface area contributed by atoms with E-state index in [1.54, 1.807) is 12.1 Å². The van der Waals surface area contributed by atoms with Gasteiger partial charge in [-0.1, -0.05) is 11.6 Å². The molecule has 0 bridgehead atoms. The van der Waals surface area contributed by atoms with Crippen LogP contribution < -0.4 is 9.47 Å². The summed E-state index contributed by atoms with van der Waals surface area (Å²) in [5, 5.41) is 0.413. The molecule has 1 aromatic heterocycles. The third kappa shape index (κ3) is 3.85. The summed E-state index contributed by atoms with van der Waals surface area (Å²) in [5.74, 6) is 0.230. The predicted octanol–water partition coefficient (Wildman–Crippen LogP) is 3.67. The Morgan fingerprint density at radius 2 is 2.00 bits per heavy atom. The minimum Gasteiger partial charge on any atom is -0.496 e. The number of nitrogens with zero attached hydrogens (tertiary/aromatic N) is 2. The molecule has 1 aromatic carbocycles. The molecule has 5 nitrogen and oxygen atoms in total. The predicted molar refractivity (Wildman–Crippen MR) is 87.6 cm³/mol. The quantitative estimate of drug-likeness (QED) is 0.804. The van der Waals surface area contributed by atoms with Gasteiger partial charge >= 0.3 is 6.18 Å². The van der Waals surface area contributed by atoms with Crippen LogP contribution in [0.15, 0.2) is 36.5 Å². The molecule has 3 rings (SSSR count). The van der Waals surface area contributed by atoms with E-state index in [4.69, 9.17) is 21.1 Å². The van der Waals surface area contributed by atoms with Gasteiger partial charge in [0.2, 0.25) is 5.88 Å². The first-order chi connectivity index (χ1) is 12.3. The monoisotopic (exact) mass is 386 g/mol. The number of amides is 1. The van der Waals surface area contributed by atoms with Crippen molar-refractivity contribution < 1.29 is 27.4 Å². The maximum absolute atomic E-state index is 12.5. The molecular formula is C17H14ClF3N2O3. The number of ether oxygens (including phenoxy) is 2. The highest BCUT2D eigenvalue weighted by Gasteiger charge is 2.35. The molecule has 9 heteroatoms. The number of rotatable bonds is 4. The van der Waals surface area contributed by atoms with Crippen molar-refractivity contribution in [2.75, 3.05) is 20.2 Å². The molecule has 0 radical (unpaired) electrons. The first-order valence-electron chi connectivity index (χ1n) is 7.60. The molecule has 0 atom stereocenters. The summed E-state index contributed by atoms with van der Waals surface area (Å²) in [4.78, 5) is 17.7. The molecule has 1 amide bonds. The van der Waals surface area contributed by atoms with Crippen LogP contribution in [0.1, 0.15) is 15.9 Å². The highest BCUT2D eigenvalue weighted by molar-refractivity contribution is 6.31. The maximum atomic E-state index is 12.5. The third-order valence-electron chi connectivity index (χ3n) is 3.88. The van der Waals surface area contributed by atoms with Gasteiger partial charge in [-0.15, -0.1) is 0 Å². The minimum absolute atomic E-state index is 0.0791. The second-order valence-electron chi connectivity index (χ2n) is 5.68. The summed E-state index contributed by atoms with van der Waals surface area (Å²) >= 11 is 5.93. The highest BCUT2D eigenvalue weighted by Crippen LogP contribution is 2.30. The zero-order chi connectivity index (χ0) is 18.9. The standard InChI is InChI=1S/C17H14ClF3N2O3/c1-25-14-4-3-11(18)6-13(14)16(24)23-8-12(9-23)26-15-5-2-10(7-22-15)17(19,20)21/h2-7,12H,8-9H2,1H3. The van der Waals surface area contributed by atoms with Crippen LogP contribution in [0, 0.1) is 0 Å². The van der Waals surface area contributed by atoms with Crippen LogP contribution >= 0.6 is 11.6 Å². The number of aromatic nitrogens is 1. The van der Waals surface area contributed by atoms with Gasteiger partial charge in [0.05, 0.1) is 31.3 Å². The second-order valence-corrected chi connectivity index (χ2v) is 6.11. The average molecular weight is 387 g/mol. The van der Waals surface area contributed by atoms with Gasteiger partial charge in [-0.3, -0.25) is 4.79 Å². The van der Waals surface area contributed by atoms with Gasteiger partial charge in [0, 0.05) is 17.3 Å². The van der Waals surface area contributed by atoms with Gasteiger partial charge in [0.15, 0.2) is 0 Å². The number of likely N-dealkylation sites (tertiary alicyclic amines) is 1. The Kier molecular flexibility index (Phi) is 4.95. The molecule has 0 spiro atoms. The fourth-order valence-electron chi connectivity index (χ4n) is 2.48. The third-order valence-corrected chi connectivity index (χ3v) is 4.11. The molecule has 1 saturated heterocycles. The van der Waals surface area contributed by atoms with Crippen LogP contribution in [-0.4, -0.2) is 42.1 Å². The minimum atomic E-state index is -4.44. The molecule has 26 heavy (non-hydrogen) atoms. The summed E-state index contributed by atoms with van der Waals surface area (Å²) in [7, 11) is 1.46. The molecule has 1 aliphatic heterocycles. The zero-order valence-electron chi connectivity index (χ0n) is 13.6. The Hall–Kier alpha value is -2.48. The molecule has 1 fully saturated rings. The topological polar surface area (TPSA) is 51.7 Å². The maximum Gasteiger partial charge on any atom is 0.417 e. The van der Waals surface area contributed by atoms with Gasteiger partial charge < -0.3 is 14.4 Å². The van der Waals surface area contributed by atoms with Gasteiger partial charge in [-0.2, -0.15) is 13.2 Å². The van der Waals surface area contributed by atoms with Crippen molar-refractivity contribution in [2.24, 2.45) is 0 Å².